The van der Waals surface area contributed by atoms with Gasteiger partial charge in [-0.3, -0.25) is 0 Å². The van der Waals surface area contributed by atoms with Gasteiger partial charge in [-0.1, -0.05) is 6.92 Å². The van der Waals surface area contributed by atoms with Gasteiger partial charge in [-0.05, 0) is 58.2 Å². The van der Waals surface area contributed by atoms with Crippen LogP contribution in [0.1, 0.15) is 56.5 Å². The molecule has 0 aliphatic carbocycles. The van der Waals surface area contributed by atoms with Crippen LogP contribution in [0.4, 0.5) is 4.79 Å². The van der Waals surface area contributed by atoms with Gasteiger partial charge >= 0.3 is 12.1 Å². The van der Waals surface area contributed by atoms with Crippen molar-refractivity contribution in [1.29, 1.82) is 0 Å². The van der Waals surface area contributed by atoms with E-state index in [9.17, 15) is 14.7 Å². The Bertz CT molecular complexity index is 920. The molecule has 1 atom stereocenters. The number of aromatic carboxylic acids is 1. The molecule has 2 aromatic rings. The molecule has 0 aliphatic heterocycles. The number of hydrogen-bond donors (Lipinski definition) is 2. The zero-order chi connectivity index (χ0) is 21.9. The van der Waals surface area contributed by atoms with Crippen LogP contribution in [0, 0.1) is 6.92 Å². The Hall–Kier alpha value is -2.68. The van der Waals surface area contributed by atoms with E-state index >= 15 is 0 Å². The molecule has 0 aliphatic rings. The molecule has 2 N–H and O–H groups in total. The summed E-state index contributed by atoms with van der Waals surface area (Å²) in [7, 11) is 0. The van der Waals surface area contributed by atoms with E-state index in [0.717, 1.165) is 5.56 Å². The molecule has 29 heavy (non-hydrogen) atoms. The van der Waals surface area contributed by atoms with Crippen molar-refractivity contribution in [2.45, 2.75) is 66.2 Å². The molecular weight excluding hydrogens is 398 g/mol. The topological polar surface area (TPSA) is 119 Å². The molecule has 2 aromatic heterocycles. The molecule has 0 saturated heterocycles. The number of carbonyl (C=O) groups is 2. The molecule has 0 radical (unpaired) electrons. The molecule has 0 aromatic carbocycles. The van der Waals surface area contributed by atoms with Crippen LogP contribution in [0.15, 0.2) is 6.20 Å². The molecule has 2 heterocycles. The summed E-state index contributed by atoms with van der Waals surface area (Å²) in [6, 6.07) is -0.398. The van der Waals surface area contributed by atoms with Gasteiger partial charge in [0.05, 0.1) is 5.69 Å². The van der Waals surface area contributed by atoms with Gasteiger partial charge in [0.25, 0.3) is 0 Å². The van der Waals surface area contributed by atoms with Crippen LogP contribution in [0.25, 0.3) is 11.4 Å². The Morgan fingerprint density at radius 3 is 2.52 bits per heavy atom. The zero-order valence-corrected chi connectivity index (χ0v) is 18.2. The van der Waals surface area contributed by atoms with Gasteiger partial charge in [0.2, 0.25) is 11.1 Å². The number of nitrogens with zero attached hydrogens (tertiary/aromatic N) is 4. The van der Waals surface area contributed by atoms with Gasteiger partial charge in [0.15, 0.2) is 0 Å². The normalized spacial score (nSPS) is 12.5. The SMILES string of the molecule is CCc1c(-c2nc(Cl)ncc2C)nc(C(=O)O)n1CC(C)NC(=O)OC(C)(C)C. The van der Waals surface area contributed by atoms with Crippen molar-refractivity contribution in [2.24, 2.45) is 0 Å². The molecule has 0 fully saturated rings. The average molecular weight is 424 g/mol. The van der Waals surface area contributed by atoms with Gasteiger partial charge in [-0.25, -0.2) is 24.5 Å². The quantitative estimate of drug-likeness (QED) is 0.682. The summed E-state index contributed by atoms with van der Waals surface area (Å²) in [6.45, 7) is 11.0. The second kappa shape index (κ2) is 8.77. The molecule has 9 nitrogen and oxygen atoms in total. The summed E-state index contributed by atoms with van der Waals surface area (Å²) in [5.41, 5.74) is 1.70. The molecule has 0 spiro atoms. The van der Waals surface area contributed by atoms with Crippen molar-refractivity contribution in [3.8, 4) is 11.4 Å². The second-order valence-electron chi connectivity index (χ2n) is 7.72. The smallest absolute Gasteiger partial charge is 0.407 e. The Balaban J connectivity index is 2.41. The standard InChI is InChI=1S/C19H26ClN5O4/c1-7-12-14(13-10(2)8-21-17(20)24-13)23-15(16(26)27)25(12)9-11(3)22-18(28)29-19(4,5)6/h8,11H,7,9H2,1-6H3,(H,22,28)(H,26,27). The maximum absolute atomic E-state index is 12.0. The summed E-state index contributed by atoms with van der Waals surface area (Å²) in [5.74, 6) is -1.31. The number of alkyl carbamates (subject to hydrolysis) is 1. The number of aromatic nitrogens is 4. The number of aryl methyl sites for hydroxylation is 1. The minimum Gasteiger partial charge on any atom is -0.475 e. The van der Waals surface area contributed by atoms with Crippen LogP contribution in [-0.4, -0.2) is 48.3 Å². The van der Waals surface area contributed by atoms with E-state index in [1.807, 2.05) is 6.92 Å². The van der Waals surface area contributed by atoms with E-state index < -0.39 is 23.7 Å². The number of imidazole rings is 1. The van der Waals surface area contributed by atoms with Crippen LogP contribution < -0.4 is 5.32 Å². The van der Waals surface area contributed by atoms with Crippen molar-refractivity contribution in [3.63, 3.8) is 0 Å². The van der Waals surface area contributed by atoms with E-state index in [4.69, 9.17) is 16.3 Å². The summed E-state index contributed by atoms with van der Waals surface area (Å²) >= 11 is 5.93. The average Bonchev–Trinajstić information content (AvgIpc) is 2.93. The number of carboxylic acid groups (broad SMARTS) is 1. The van der Waals surface area contributed by atoms with Crippen LogP contribution in [0.5, 0.6) is 0 Å². The summed E-state index contributed by atoms with van der Waals surface area (Å²) < 4.78 is 6.84. The Labute approximate surface area is 174 Å². The van der Waals surface area contributed by atoms with Crippen LogP contribution in [0.2, 0.25) is 5.28 Å². The lowest BCUT2D eigenvalue weighted by Crippen LogP contribution is -2.40. The monoisotopic (exact) mass is 423 g/mol. The third kappa shape index (κ3) is 5.66. The summed E-state index contributed by atoms with van der Waals surface area (Å²) in [5, 5.41) is 12.4. The molecule has 10 heteroatoms. The fourth-order valence-corrected chi connectivity index (χ4v) is 3.02. The number of nitrogens with one attached hydrogen (secondary N) is 1. The van der Waals surface area contributed by atoms with Crippen molar-refractivity contribution in [2.75, 3.05) is 0 Å². The lowest BCUT2D eigenvalue weighted by molar-refractivity contribution is 0.0504. The van der Waals surface area contributed by atoms with Crippen LogP contribution in [-0.2, 0) is 17.7 Å². The van der Waals surface area contributed by atoms with Crippen molar-refractivity contribution in [1.82, 2.24) is 24.8 Å². The highest BCUT2D eigenvalue weighted by atomic mass is 35.5. The molecule has 0 saturated carbocycles. The number of carboxylic acids is 1. The maximum atomic E-state index is 12.0. The molecule has 2 rings (SSSR count). The first kappa shape index (κ1) is 22.6. The van der Waals surface area contributed by atoms with Crippen molar-refractivity contribution in [3.05, 3.63) is 28.6 Å². The van der Waals surface area contributed by atoms with Gasteiger partial charge in [0.1, 0.15) is 11.3 Å². The summed E-state index contributed by atoms with van der Waals surface area (Å²) in [6.07, 6.45) is 1.50. The number of hydrogen-bond acceptors (Lipinski definition) is 6. The predicted molar refractivity (Wildman–Crippen MR) is 108 cm³/mol. The maximum Gasteiger partial charge on any atom is 0.407 e. The van der Waals surface area contributed by atoms with Gasteiger partial charge in [-0.15, -0.1) is 0 Å². The Morgan fingerprint density at radius 1 is 1.31 bits per heavy atom. The molecule has 1 amide bonds. The first-order chi connectivity index (χ1) is 13.4. The zero-order valence-electron chi connectivity index (χ0n) is 17.4. The summed E-state index contributed by atoms with van der Waals surface area (Å²) in [4.78, 5) is 36.3. The fourth-order valence-electron chi connectivity index (χ4n) is 2.88. The number of carbonyl (C=O) groups excluding carboxylic acids is 1. The molecule has 0 bridgehead atoms. The third-order valence-corrected chi connectivity index (χ3v) is 4.17. The van der Waals surface area contributed by atoms with E-state index in [2.05, 4.69) is 20.3 Å². The largest absolute Gasteiger partial charge is 0.475 e. The predicted octanol–water partition coefficient (Wildman–Crippen LogP) is 3.48. The van der Waals surface area contributed by atoms with Crippen LogP contribution >= 0.6 is 11.6 Å². The molecule has 1 unspecified atom stereocenters. The molecular formula is C19H26ClN5O4. The number of amides is 1. The van der Waals surface area contributed by atoms with Gasteiger partial charge in [0, 0.05) is 24.5 Å². The van der Waals surface area contributed by atoms with E-state index in [0.29, 0.717) is 23.5 Å². The van der Waals surface area contributed by atoms with Crippen molar-refractivity contribution >= 4 is 23.7 Å². The fraction of sp³-hybridized carbons (Fsp3) is 0.526. The Morgan fingerprint density at radius 2 is 1.97 bits per heavy atom. The second-order valence-corrected chi connectivity index (χ2v) is 8.06. The number of halogens is 1. The van der Waals surface area contributed by atoms with Gasteiger partial charge < -0.3 is 19.7 Å². The highest BCUT2D eigenvalue weighted by molar-refractivity contribution is 6.28. The highest BCUT2D eigenvalue weighted by Gasteiger charge is 2.25. The lowest BCUT2D eigenvalue weighted by Gasteiger charge is -2.22. The van der Waals surface area contributed by atoms with Crippen molar-refractivity contribution < 1.29 is 19.4 Å². The first-order valence-electron chi connectivity index (χ1n) is 9.24. The minimum absolute atomic E-state index is 0.0547. The Kier molecular flexibility index (Phi) is 6.84. The number of ether oxygens (including phenoxy) is 1. The van der Waals surface area contributed by atoms with E-state index in [1.165, 1.54) is 0 Å². The van der Waals surface area contributed by atoms with E-state index in [1.54, 1.807) is 45.4 Å². The van der Waals surface area contributed by atoms with Crippen LogP contribution in [0.3, 0.4) is 0 Å². The highest BCUT2D eigenvalue weighted by Crippen LogP contribution is 2.27. The van der Waals surface area contributed by atoms with Gasteiger partial charge in [-0.2, -0.15) is 0 Å². The lowest BCUT2D eigenvalue weighted by atomic mass is 10.1. The first-order valence-corrected chi connectivity index (χ1v) is 9.62. The molecule has 158 valence electrons. The third-order valence-electron chi connectivity index (χ3n) is 3.98. The number of rotatable bonds is 6. The van der Waals surface area contributed by atoms with E-state index in [-0.39, 0.29) is 17.7 Å². The minimum atomic E-state index is -1.17.